The van der Waals surface area contributed by atoms with E-state index in [1.165, 1.54) is 0 Å². The summed E-state index contributed by atoms with van der Waals surface area (Å²) >= 11 is 0. The minimum Gasteiger partial charge on any atom is -0.414 e. The van der Waals surface area contributed by atoms with Gasteiger partial charge in [-0.05, 0) is 140 Å². The number of ether oxygens (including phenoxy) is 15. The molecule has 21 saturated heterocycles. The number of unbranched alkanes of at least 4 members (excludes halogenated alkanes) is 1. The van der Waals surface area contributed by atoms with E-state index in [2.05, 4.69) is 6.58 Å². The van der Waals surface area contributed by atoms with Crippen molar-refractivity contribution < 1.29 is 168 Å². The van der Waals surface area contributed by atoms with E-state index < -0.39 is 308 Å². The van der Waals surface area contributed by atoms with Crippen LogP contribution in [-0.2, 0) is 102 Å². The third kappa shape index (κ3) is 27.3. The number of hydrogen-bond donors (Lipinski definition) is 13. The fourth-order valence-electron chi connectivity index (χ4n) is 14.5. The van der Waals surface area contributed by atoms with Crippen LogP contribution in [0.4, 0.5) is 0 Å². The molecule has 21 heterocycles. The van der Waals surface area contributed by atoms with Crippen LogP contribution in [0.25, 0.3) is 0 Å². The van der Waals surface area contributed by atoms with E-state index in [0.717, 1.165) is 0 Å². The van der Waals surface area contributed by atoms with Crippen LogP contribution >= 0.6 is 0 Å². The van der Waals surface area contributed by atoms with Crippen LogP contribution < -0.4 is 0 Å². The monoisotopic (exact) mass is 2000 g/mol. The largest absolute Gasteiger partial charge is 0.414 e. The Morgan fingerprint density at radius 2 is 0.366 bits per heavy atom. The lowest BCUT2D eigenvalue weighted by Crippen LogP contribution is -2.69. The molecule has 0 saturated carbocycles. The second kappa shape index (κ2) is 43.8. The predicted molar refractivity (Wildman–Crippen MR) is 504 cm³/mol. The smallest absolute Gasteiger partial charge is 0.192 e. The molecular weight excluding hydrogens is 1830 g/mol. The van der Waals surface area contributed by atoms with Crippen LogP contribution in [-0.4, -0.2) is 392 Å². The fraction of sp³-hybridized carbons (Fsp3) is 0.978. The quantitative estimate of drug-likeness (QED) is 0.0222. The molecule has 770 valence electrons. The van der Waals surface area contributed by atoms with Crippen LogP contribution in [0.3, 0.4) is 0 Å². The van der Waals surface area contributed by atoms with Gasteiger partial charge >= 0.3 is 0 Å². The first-order chi connectivity index (χ1) is 59.5. The zero-order valence-electron chi connectivity index (χ0n) is 85.4. The van der Waals surface area contributed by atoms with Gasteiger partial charge in [0.05, 0.1) is 46.2 Å². The zero-order valence-corrected chi connectivity index (χ0v) is 92.4. The molecule has 0 amide bonds. The topological polar surface area (TPSA) is 466 Å². The SMILES string of the molecule is C=CCCCO[C@@H]1[C@@H](O)[C@H]2O[C@H]3[C@H](O)[C@@H](O)[C@@H](O[C@H]4[C@H](O)[C@@H](O)[C@@H](O[C@H]5[C@H](O)[C@@H](O)[C@@H](O[C@H]6[C@H](O)[C@@H](O)[C@@H](O[C@H]7[C@H](O)[C@@H](O)[C@@H](O[C@H]8[C@H](O)[C@@H](O)[C@@H](O[C@@H]1[C@@H](CO[Si](C)(C)C(C)(C)C)O2)O[C@@H]8CO[Si](C)(C)C(C)(C)C)O[C@@H]7CO[Si](C)(C)C(C)(C)C)O[C@@H]6CO[Si](C)(C)C(C)(C)C)O[C@@H]5CO[Si](C)(C)C(C)(C)C)O[C@@H]4CO[Si](C)(C)C(C)(C)C)O[C@@H]3CO[Si](C)(C)C(C)(C)C. The number of hydrogen-bond acceptors (Lipinski definition) is 35. The van der Waals surface area contributed by atoms with Gasteiger partial charge in [-0.25, -0.2) is 0 Å². The molecule has 21 rings (SSSR count). The molecule has 0 spiro atoms. The van der Waals surface area contributed by atoms with Crippen LogP contribution in [0.1, 0.15) is 158 Å². The number of rotatable bonds is 26. The molecule has 35 nitrogen and oxygen atoms in total. The van der Waals surface area contributed by atoms with Gasteiger partial charge in [-0.3, -0.25) is 0 Å². The van der Waals surface area contributed by atoms with Crippen molar-refractivity contribution in [3.63, 3.8) is 0 Å². The van der Waals surface area contributed by atoms with Crippen molar-refractivity contribution in [1.82, 2.24) is 0 Å². The van der Waals surface area contributed by atoms with Crippen LogP contribution in [0, 0.1) is 0 Å². The zero-order chi connectivity index (χ0) is 99.5. The molecule has 21 fully saturated rings. The highest BCUT2D eigenvalue weighted by atomic mass is 28.4. The highest BCUT2D eigenvalue weighted by Crippen LogP contribution is 2.48. The van der Waals surface area contributed by atoms with Crippen molar-refractivity contribution in [3.8, 4) is 0 Å². The van der Waals surface area contributed by atoms with E-state index in [-0.39, 0.29) is 52.9 Å². The lowest BCUT2D eigenvalue weighted by molar-refractivity contribution is -0.397. The van der Waals surface area contributed by atoms with Crippen molar-refractivity contribution >= 4 is 58.2 Å². The maximum absolute atomic E-state index is 13.3. The molecule has 0 radical (unpaired) electrons. The summed E-state index contributed by atoms with van der Waals surface area (Å²) in [6.07, 6.45) is -60.9. The molecule has 0 aliphatic carbocycles. The summed E-state index contributed by atoms with van der Waals surface area (Å²) in [6, 6.07) is 0. The molecule has 42 heteroatoms. The molecule has 0 aromatic carbocycles. The van der Waals surface area contributed by atoms with Gasteiger partial charge in [0.2, 0.25) is 0 Å². The average molecular weight is 2000 g/mol. The second-order valence-electron chi connectivity index (χ2n) is 48.1. The molecule has 0 aromatic heterocycles. The molecule has 13 N–H and O–H groups in total. The van der Waals surface area contributed by atoms with E-state index in [9.17, 15) is 66.4 Å². The Balaban J connectivity index is 1.34. The lowest BCUT2D eigenvalue weighted by atomic mass is 9.95. The number of aliphatic hydroxyl groups is 13. The Morgan fingerprint density at radius 1 is 0.221 bits per heavy atom. The minimum absolute atomic E-state index is 0.0445. The summed E-state index contributed by atoms with van der Waals surface area (Å²) < 4.78 is 150. The van der Waals surface area contributed by atoms with E-state index >= 15 is 0 Å². The van der Waals surface area contributed by atoms with Gasteiger partial charge in [0, 0.05) is 6.61 Å². The first-order valence-corrected chi connectivity index (χ1v) is 67.5. The average Bonchev–Trinajstić information content (AvgIpc) is 0.846. The molecule has 14 bridgehead atoms. The minimum atomic E-state index is -2.82. The van der Waals surface area contributed by atoms with Crippen LogP contribution in [0.15, 0.2) is 12.7 Å². The molecule has 131 heavy (non-hydrogen) atoms. The number of aliphatic hydroxyl groups excluding tert-OH is 13. The highest BCUT2D eigenvalue weighted by Gasteiger charge is 2.63. The Hall–Kier alpha value is -0.142. The van der Waals surface area contributed by atoms with Gasteiger partial charge in [-0.2, -0.15) is 0 Å². The molecule has 35 atom stereocenters. The first-order valence-electron chi connectivity index (χ1n) is 47.2. The van der Waals surface area contributed by atoms with E-state index in [1.807, 2.05) is 237 Å². The summed E-state index contributed by atoms with van der Waals surface area (Å²) in [7, 11) is -19.7. The molecule has 21 aliphatic rings. The number of allylic oxidation sites excluding steroid dienone is 1. The standard InChI is InChI=1S/C89H176O35Si7/c1-37-38-39-40-103-75-67(102)82-117-54(47-110-131(35,36)89(20,21)22)74(75)124-81-66(101)60(95)72(52(116-81)45-108-129(31,32)87(14,15)16)122-79-64(99)58(93)70(50(114-79)43-106-127(27,28)85(8,9)10)120-77-62(97)56(91)68(48(112-77)41-104-125(23,24)83(2,3)4)118-76-61(96)55(90)69(49(111-76)42-105-126(25,26)84(5,6)7)119-78-63(98)57(92)71(51(113-78)44-107-128(29,30)86(11,12)13)121-80-65(100)59(94)73(123-82)53(115-80)46-109-130(33,34)88(17,18)19/h37,48-82,90-102H,1,38-47H2,2-36H3/t48-,49-,50-,51-,52-,53-,54-,55-,56-,57-,58-,59-,60-,61-,62-,63-,64-,65-,66-,67-,68-,69-,70-,71-,72-,73-,74-,75-,76-,77-,78-,79-,80-,81-,82-/m1/s1. The fourth-order valence-corrected chi connectivity index (χ4v) is 21.6. The molecular formula is C89H176O35Si7. The molecule has 0 unspecified atom stereocenters. The van der Waals surface area contributed by atoms with Crippen molar-refractivity contribution in [2.75, 3.05) is 52.9 Å². The van der Waals surface area contributed by atoms with Crippen molar-refractivity contribution in [2.45, 2.75) is 500 Å². The summed E-state index contributed by atoms with van der Waals surface area (Å²) in [5, 5.41) is 164. The third-order valence-electron chi connectivity index (χ3n) is 31.3. The maximum atomic E-state index is 13.3. The summed E-state index contributed by atoms with van der Waals surface area (Å²) in [4.78, 5) is 0. The van der Waals surface area contributed by atoms with Gasteiger partial charge in [0.1, 0.15) is 171 Å². The van der Waals surface area contributed by atoms with Crippen LogP contribution in [0.2, 0.25) is 127 Å². The van der Waals surface area contributed by atoms with Crippen molar-refractivity contribution in [2.24, 2.45) is 0 Å². The Morgan fingerprint density at radius 3 is 0.519 bits per heavy atom. The Bertz CT molecular complexity index is 3450. The first kappa shape index (κ1) is 116. The van der Waals surface area contributed by atoms with Gasteiger partial charge < -0.3 is 168 Å². The third-order valence-corrected chi connectivity index (χ3v) is 62.8. The van der Waals surface area contributed by atoms with Crippen molar-refractivity contribution in [1.29, 1.82) is 0 Å². The van der Waals surface area contributed by atoms with E-state index in [4.69, 9.17) is 102 Å². The molecule has 21 aliphatic heterocycles. The van der Waals surface area contributed by atoms with Crippen molar-refractivity contribution in [3.05, 3.63) is 12.7 Å². The summed E-state index contributed by atoms with van der Waals surface area (Å²) in [5.74, 6) is 0. The Kier molecular flexibility index (Phi) is 38.8. The second-order valence-corrected chi connectivity index (χ2v) is 81.8. The highest BCUT2D eigenvalue weighted by molar-refractivity contribution is 6.76. The van der Waals surface area contributed by atoms with E-state index in [0.29, 0.717) is 12.8 Å². The van der Waals surface area contributed by atoms with Crippen LogP contribution in [0.5, 0.6) is 0 Å². The molecule has 0 aromatic rings. The normalized spacial score (nSPS) is 39.4. The maximum Gasteiger partial charge on any atom is 0.192 e. The summed E-state index contributed by atoms with van der Waals surface area (Å²) in [6.45, 7) is 71.6. The van der Waals surface area contributed by atoms with Gasteiger partial charge in [0.25, 0.3) is 0 Å². The van der Waals surface area contributed by atoms with Gasteiger partial charge in [-0.1, -0.05) is 151 Å². The van der Waals surface area contributed by atoms with Gasteiger partial charge in [-0.15, -0.1) is 6.58 Å². The van der Waals surface area contributed by atoms with E-state index in [1.54, 1.807) is 6.08 Å². The summed E-state index contributed by atoms with van der Waals surface area (Å²) in [5.41, 5.74) is 0. The Labute approximate surface area is 787 Å². The van der Waals surface area contributed by atoms with Gasteiger partial charge in [0.15, 0.2) is 102 Å². The predicted octanol–water partition coefficient (Wildman–Crippen LogP) is 7.97. The lowest BCUT2D eigenvalue weighted by Gasteiger charge is -2.51.